The van der Waals surface area contributed by atoms with Gasteiger partial charge in [-0.05, 0) is 19.2 Å². The number of halogens is 2. The molecular weight excluding hydrogens is 356 g/mol. The highest BCUT2D eigenvalue weighted by Gasteiger charge is 2.41. The Kier molecular flexibility index (Phi) is 2.94. The van der Waals surface area contributed by atoms with Gasteiger partial charge in [-0.25, -0.2) is 0 Å². The molecule has 2 unspecified atom stereocenters. The van der Waals surface area contributed by atoms with Crippen LogP contribution in [-0.2, 0) is 0 Å². The van der Waals surface area contributed by atoms with E-state index in [0.717, 1.165) is 5.75 Å². The first kappa shape index (κ1) is 12.5. The molecule has 0 saturated carbocycles. The summed E-state index contributed by atoms with van der Waals surface area (Å²) in [6.45, 7) is 4.23. The van der Waals surface area contributed by atoms with Crippen molar-refractivity contribution in [1.82, 2.24) is 0 Å². The fourth-order valence-corrected chi connectivity index (χ4v) is 3.80. The molecule has 1 heterocycles. The first-order valence-corrected chi connectivity index (χ1v) is 7.82. The van der Waals surface area contributed by atoms with Gasteiger partial charge < -0.3 is 4.74 Å². The minimum Gasteiger partial charge on any atom is -0.486 e. The van der Waals surface area contributed by atoms with Crippen LogP contribution in [0.2, 0.25) is 0 Å². The average Bonchev–Trinajstić information content (AvgIpc) is 2.36. The number of benzene rings is 2. The molecule has 0 amide bonds. The van der Waals surface area contributed by atoms with Crippen LogP contribution < -0.4 is 4.74 Å². The summed E-state index contributed by atoms with van der Waals surface area (Å²) >= 11 is 7.52. The monoisotopic (exact) mass is 368 g/mol. The SMILES string of the molecule is CC1(C)Oc2c(ccc3ccccc23)C(Br)C1Br. The van der Waals surface area contributed by atoms with Gasteiger partial charge in [-0.1, -0.05) is 68.3 Å². The molecule has 0 radical (unpaired) electrons. The molecule has 0 saturated heterocycles. The van der Waals surface area contributed by atoms with E-state index < -0.39 is 0 Å². The van der Waals surface area contributed by atoms with Crippen molar-refractivity contribution in [1.29, 1.82) is 0 Å². The Morgan fingerprint density at radius 2 is 1.78 bits per heavy atom. The molecule has 0 bridgehead atoms. The van der Waals surface area contributed by atoms with Crippen LogP contribution in [0, 0.1) is 0 Å². The second-order valence-electron chi connectivity index (χ2n) is 5.21. The lowest BCUT2D eigenvalue weighted by Crippen LogP contribution is -2.43. The summed E-state index contributed by atoms with van der Waals surface area (Å²) in [5, 5.41) is 2.41. The third-order valence-electron chi connectivity index (χ3n) is 3.49. The fourth-order valence-electron chi connectivity index (χ4n) is 2.42. The Morgan fingerprint density at radius 3 is 2.56 bits per heavy atom. The van der Waals surface area contributed by atoms with Crippen LogP contribution in [0.5, 0.6) is 5.75 Å². The van der Waals surface area contributed by atoms with Crippen molar-refractivity contribution < 1.29 is 4.74 Å². The van der Waals surface area contributed by atoms with Gasteiger partial charge in [0, 0.05) is 10.9 Å². The van der Waals surface area contributed by atoms with Gasteiger partial charge in [0.25, 0.3) is 0 Å². The lowest BCUT2D eigenvalue weighted by atomic mass is 9.92. The summed E-state index contributed by atoms with van der Waals surface area (Å²) in [7, 11) is 0. The van der Waals surface area contributed by atoms with Crippen LogP contribution in [0.1, 0.15) is 24.2 Å². The standard InChI is InChI=1S/C15H14Br2O/c1-15(2)14(17)12(16)11-8-7-9-5-3-4-6-10(9)13(11)18-15/h3-8,12,14H,1-2H3. The number of ether oxygens (including phenoxy) is 1. The van der Waals surface area contributed by atoms with Crippen LogP contribution in [-0.4, -0.2) is 10.4 Å². The quantitative estimate of drug-likeness (QED) is 0.579. The predicted octanol–water partition coefficient (Wildman–Crippen LogP) is 5.21. The van der Waals surface area contributed by atoms with E-state index in [-0.39, 0.29) is 15.3 Å². The summed E-state index contributed by atoms with van der Waals surface area (Å²) < 4.78 is 6.24. The van der Waals surface area contributed by atoms with E-state index in [9.17, 15) is 0 Å². The van der Waals surface area contributed by atoms with Gasteiger partial charge >= 0.3 is 0 Å². The summed E-state index contributed by atoms with van der Waals surface area (Å²) in [6.07, 6.45) is 0. The summed E-state index contributed by atoms with van der Waals surface area (Å²) in [5.74, 6) is 1.01. The minimum atomic E-state index is -0.231. The molecule has 2 aromatic rings. The first-order chi connectivity index (χ1) is 8.50. The van der Waals surface area contributed by atoms with Crippen LogP contribution in [0.3, 0.4) is 0 Å². The first-order valence-electron chi connectivity index (χ1n) is 5.99. The molecule has 1 nitrogen and oxygen atoms in total. The maximum absolute atomic E-state index is 6.24. The van der Waals surface area contributed by atoms with Gasteiger partial charge in [0.15, 0.2) is 0 Å². The molecule has 2 aromatic carbocycles. The summed E-state index contributed by atoms with van der Waals surface area (Å²) in [4.78, 5) is 0.513. The number of hydrogen-bond donors (Lipinski definition) is 0. The Balaban J connectivity index is 2.29. The smallest absolute Gasteiger partial charge is 0.132 e. The minimum absolute atomic E-state index is 0.231. The third-order valence-corrected chi connectivity index (χ3v) is 6.86. The molecular formula is C15H14Br2O. The number of fused-ring (bicyclic) bond motifs is 3. The molecule has 3 rings (SSSR count). The van der Waals surface area contributed by atoms with Gasteiger partial charge in [-0.2, -0.15) is 0 Å². The lowest BCUT2D eigenvalue weighted by molar-refractivity contribution is 0.0953. The Morgan fingerprint density at radius 1 is 1.06 bits per heavy atom. The highest BCUT2D eigenvalue weighted by Crippen LogP contribution is 2.49. The molecule has 94 valence electrons. The van der Waals surface area contributed by atoms with Crippen LogP contribution in [0.4, 0.5) is 0 Å². The zero-order valence-electron chi connectivity index (χ0n) is 10.3. The topological polar surface area (TPSA) is 9.23 Å². The van der Waals surface area contributed by atoms with Gasteiger partial charge in [0.2, 0.25) is 0 Å². The van der Waals surface area contributed by atoms with Crippen molar-refractivity contribution in [2.75, 3.05) is 0 Å². The van der Waals surface area contributed by atoms with Gasteiger partial charge in [0.1, 0.15) is 11.4 Å². The van der Waals surface area contributed by atoms with E-state index in [1.54, 1.807) is 0 Å². The molecule has 0 aromatic heterocycles. The van der Waals surface area contributed by atoms with E-state index in [0.29, 0.717) is 0 Å². The van der Waals surface area contributed by atoms with Crippen molar-refractivity contribution in [3.05, 3.63) is 42.0 Å². The van der Waals surface area contributed by atoms with Crippen LogP contribution in [0.25, 0.3) is 10.8 Å². The molecule has 1 aliphatic heterocycles. The summed E-state index contributed by atoms with van der Waals surface area (Å²) in [6, 6.07) is 12.7. The van der Waals surface area contributed by atoms with E-state index in [1.807, 2.05) is 0 Å². The normalized spacial score (nSPS) is 25.6. The van der Waals surface area contributed by atoms with Gasteiger partial charge in [-0.15, -0.1) is 0 Å². The van der Waals surface area contributed by atoms with Gasteiger partial charge in [-0.3, -0.25) is 0 Å². The number of rotatable bonds is 0. The van der Waals surface area contributed by atoms with Crippen molar-refractivity contribution in [3.8, 4) is 5.75 Å². The summed E-state index contributed by atoms with van der Waals surface area (Å²) in [5.41, 5.74) is 0.987. The van der Waals surface area contributed by atoms with Crippen molar-refractivity contribution in [2.45, 2.75) is 29.1 Å². The molecule has 3 heteroatoms. The average molecular weight is 370 g/mol. The third kappa shape index (κ3) is 1.79. The highest BCUT2D eigenvalue weighted by atomic mass is 79.9. The Bertz CT molecular complexity index is 606. The van der Waals surface area contributed by atoms with E-state index in [4.69, 9.17) is 4.74 Å². The molecule has 2 atom stereocenters. The number of alkyl halides is 2. The maximum atomic E-state index is 6.24. The lowest BCUT2D eigenvalue weighted by Gasteiger charge is -2.40. The van der Waals surface area contributed by atoms with Crippen LogP contribution >= 0.6 is 31.9 Å². The highest BCUT2D eigenvalue weighted by molar-refractivity contribution is 9.12. The van der Waals surface area contributed by atoms with Crippen LogP contribution in [0.15, 0.2) is 36.4 Å². The van der Waals surface area contributed by atoms with Crippen molar-refractivity contribution in [3.63, 3.8) is 0 Å². The second kappa shape index (κ2) is 4.24. The molecule has 0 spiro atoms. The van der Waals surface area contributed by atoms with Crippen molar-refractivity contribution >= 4 is 42.6 Å². The van der Waals surface area contributed by atoms with E-state index in [2.05, 4.69) is 82.1 Å². The van der Waals surface area contributed by atoms with Gasteiger partial charge in [0.05, 0.1) is 9.65 Å². The molecule has 18 heavy (non-hydrogen) atoms. The Labute approximate surface area is 124 Å². The molecule has 0 N–H and O–H groups in total. The predicted molar refractivity (Wildman–Crippen MR) is 83.0 cm³/mol. The maximum Gasteiger partial charge on any atom is 0.132 e. The zero-order chi connectivity index (χ0) is 12.9. The van der Waals surface area contributed by atoms with Crippen molar-refractivity contribution in [2.24, 2.45) is 0 Å². The van der Waals surface area contributed by atoms with E-state index in [1.165, 1.54) is 16.3 Å². The molecule has 1 aliphatic rings. The number of hydrogen-bond acceptors (Lipinski definition) is 1. The fraction of sp³-hybridized carbons (Fsp3) is 0.333. The van der Waals surface area contributed by atoms with E-state index >= 15 is 0 Å². The molecule has 0 fully saturated rings. The largest absolute Gasteiger partial charge is 0.486 e. The Hall–Kier alpha value is -0.540. The second-order valence-corrected chi connectivity index (χ2v) is 7.19. The zero-order valence-corrected chi connectivity index (χ0v) is 13.5. The molecule has 0 aliphatic carbocycles.